The molecule has 13 nitrogen and oxygen atoms in total. The Morgan fingerprint density at radius 2 is 1.66 bits per heavy atom. The molecule has 0 spiro atoms. The molecule has 13 heteroatoms. The molecule has 4 aromatic rings. The number of methoxy groups -OCH3 is 2. The van der Waals surface area contributed by atoms with Gasteiger partial charge in [-0.3, -0.25) is 19.4 Å². The molecule has 2 aromatic carbocycles. The van der Waals surface area contributed by atoms with Gasteiger partial charge in [-0.15, -0.1) is 0 Å². The highest BCUT2D eigenvalue weighted by Gasteiger charge is 2.31. The summed E-state index contributed by atoms with van der Waals surface area (Å²) in [6.07, 6.45) is 8.91. The largest absolute Gasteiger partial charge is 0.493 e. The normalized spacial score (nSPS) is 15.1. The van der Waals surface area contributed by atoms with Crippen molar-refractivity contribution in [2.24, 2.45) is 19.1 Å². The van der Waals surface area contributed by atoms with Crippen LogP contribution >= 0.6 is 0 Å². The second kappa shape index (κ2) is 14.7. The lowest BCUT2D eigenvalue weighted by Crippen LogP contribution is -2.43. The summed E-state index contributed by atoms with van der Waals surface area (Å²) in [4.78, 5) is 57.5. The Morgan fingerprint density at radius 3 is 2.42 bits per heavy atom. The Labute approximate surface area is 289 Å². The van der Waals surface area contributed by atoms with E-state index >= 15 is 0 Å². The molecule has 0 unspecified atom stereocenters. The van der Waals surface area contributed by atoms with Crippen LogP contribution in [0.1, 0.15) is 63.4 Å². The number of piperidine rings is 1. The maximum atomic E-state index is 13.2. The van der Waals surface area contributed by atoms with Crippen LogP contribution < -0.4 is 20.1 Å². The van der Waals surface area contributed by atoms with Crippen molar-refractivity contribution in [3.63, 3.8) is 0 Å². The first-order chi connectivity index (χ1) is 24.1. The molecule has 1 fully saturated rings. The summed E-state index contributed by atoms with van der Waals surface area (Å²) in [5.41, 5.74) is 4.64. The molecule has 0 saturated carbocycles. The standard InChI is InChI=1S/C37H40N6O7/c1-41-21-24(16-31(41)37(47)49-4)23-10-12-25(13-11-23)40-35(45)30-17-26(22-42(30)2)39-34(44)9-7-15-50-33-19-29-28(18-32(33)48-3)36(46)43-14-6-5-8-27(43)20-38-29/h10-13,16-22,27H,5-9,14-15H2,1-4H3,(H,39,44)(H,40,45)/t27-/m0/s1. The molecule has 3 amide bonds. The molecule has 2 aliphatic heterocycles. The molecule has 1 atom stereocenters. The van der Waals surface area contributed by atoms with Crippen molar-refractivity contribution in [3.05, 3.63) is 77.9 Å². The van der Waals surface area contributed by atoms with E-state index in [0.29, 0.717) is 58.5 Å². The van der Waals surface area contributed by atoms with Gasteiger partial charge in [0.15, 0.2) is 11.5 Å². The zero-order chi connectivity index (χ0) is 35.4. The van der Waals surface area contributed by atoms with Gasteiger partial charge in [0.25, 0.3) is 11.8 Å². The number of aliphatic imine (C=N–C) groups is 1. The van der Waals surface area contributed by atoms with Gasteiger partial charge in [-0.2, -0.15) is 0 Å². The Kier molecular flexibility index (Phi) is 10.0. The number of carbonyl (C=O) groups is 4. The SMILES string of the molecule is COC(=O)c1cc(-c2ccc(NC(=O)c3cc(NC(=O)CCCOc4cc5c(cc4OC)C(=O)N4CCCC[C@H]4C=N5)cn3C)cc2)cn1C. The van der Waals surface area contributed by atoms with Gasteiger partial charge in [-0.25, -0.2) is 4.79 Å². The van der Waals surface area contributed by atoms with Crippen LogP contribution in [-0.2, 0) is 23.6 Å². The first-order valence-electron chi connectivity index (χ1n) is 16.5. The Balaban J connectivity index is 1.00. The van der Waals surface area contributed by atoms with E-state index in [0.717, 1.165) is 30.4 Å². The fraction of sp³-hybridized carbons (Fsp3) is 0.324. The Bertz CT molecular complexity index is 1960. The van der Waals surface area contributed by atoms with E-state index in [9.17, 15) is 19.2 Å². The number of hydrogen-bond acceptors (Lipinski definition) is 8. The van der Waals surface area contributed by atoms with E-state index in [1.54, 1.807) is 65.8 Å². The van der Waals surface area contributed by atoms with Gasteiger partial charge in [0.05, 0.1) is 43.8 Å². The second-order valence-corrected chi connectivity index (χ2v) is 12.3. The molecule has 2 aromatic heterocycles. The maximum Gasteiger partial charge on any atom is 0.354 e. The first-order valence-corrected chi connectivity index (χ1v) is 16.5. The highest BCUT2D eigenvalue weighted by molar-refractivity contribution is 6.05. The predicted molar refractivity (Wildman–Crippen MR) is 189 cm³/mol. The molecule has 50 heavy (non-hydrogen) atoms. The molecule has 0 aliphatic carbocycles. The van der Waals surface area contributed by atoms with Crippen molar-refractivity contribution in [2.45, 2.75) is 38.1 Å². The lowest BCUT2D eigenvalue weighted by Gasteiger charge is -2.32. The van der Waals surface area contributed by atoms with Crippen LogP contribution in [0.5, 0.6) is 11.5 Å². The summed E-state index contributed by atoms with van der Waals surface area (Å²) in [5.74, 6) is -0.141. The van der Waals surface area contributed by atoms with Gasteiger partial charge in [0.2, 0.25) is 5.91 Å². The van der Waals surface area contributed by atoms with Crippen LogP contribution in [0.25, 0.3) is 11.1 Å². The van der Waals surface area contributed by atoms with E-state index in [2.05, 4.69) is 15.6 Å². The highest BCUT2D eigenvalue weighted by atomic mass is 16.5. The molecule has 2 N–H and O–H groups in total. The number of ether oxygens (including phenoxy) is 3. The van der Waals surface area contributed by atoms with Gasteiger partial charge in [0.1, 0.15) is 11.4 Å². The van der Waals surface area contributed by atoms with E-state index in [-0.39, 0.29) is 36.8 Å². The summed E-state index contributed by atoms with van der Waals surface area (Å²) in [5, 5.41) is 5.73. The summed E-state index contributed by atoms with van der Waals surface area (Å²) < 4.78 is 19.7. The van der Waals surface area contributed by atoms with Crippen LogP contribution in [0, 0.1) is 0 Å². The van der Waals surface area contributed by atoms with Crippen molar-refractivity contribution in [3.8, 4) is 22.6 Å². The third-order valence-electron chi connectivity index (χ3n) is 8.91. The van der Waals surface area contributed by atoms with Gasteiger partial charge in [-0.1, -0.05) is 12.1 Å². The molecule has 6 rings (SSSR count). The average molecular weight is 681 g/mol. The van der Waals surface area contributed by atoms with Crippen molar-refractivity contribution in [1.82, 2.24) is 14.0 Å². The fourth-order valence-electron chi connectivity index (χ4n) is 6.25. The molecule has 2 aliphatic rings. The Morgan fingerprint density at radius 1 is 0.880 bits per heavy atom. The van der Waals surface area contributed by atoms with Crippen molar-refractivity contribution >= 4 is 47.0 Å². The number of anilines is 2. The number of esters is 1. The minimum absolute atomic E-state index is 0.00305. The number of carbonyl (C=O) groups excluding carboxylic acids is 4. The maximum absolute atomic E-state index is 13.2. The van der Waals surface area contributed by atoms with E-state index in [1.807, 2.05) is 29.4 Å². The number of rotatable bonds is 11. The van der Waals surface area contributed by atoms with Crippen LogP contribution in [0.4, 0.5) is 17.1 Å². The van der Waals surface area contributed by atoms with Crippen molar-refractivity contribution < 1.29 is 33.4 Å². The van der Waals surface area contributed by atoms with E-state index in [1.165, 1.54) is 14.2 Å². The summed E-state index contributed by atoms with van der Waals surface area (Å²) in [6.45, 7) is 0.954. The topological polar surface area (TPSA) is 145 Å². The molecule has 0 radical (unpaired) electrons. The third-order valence-corrected chi connectivity index (χ3v) is 8.91. The monoisotopic (exact) mass is 680 g/mol. The lowest BCUT2D eigenvalue weighted by molar-refractivity contribution is -0.116. The number of hydrogen-bond donors (Lipinski definition) is 2. The van der Waals surface area contributed by atoms with Gasteiger partial charge in [0, 0.05) is 63.0 Å². The van der Waals surface area contributed by atoms with Crippen molar-refractivity contribution in [1.29, 1.82) is 0 Å². The predicted octanol–water partition coefficient (Wildman–Crippen LogP) is 5.59. The quantitative estimate of drug-likeness (QED) is 0.155. The van der Waals surface area contributed by atoms with Crippen LogP contribution in [0.3, 0.4) is 0 Å². The van der Waals surface area contributed by atoms with Gasteiger partial charge < -0.3 is 38.9 Å². The fourth-order valence-corrected chi connectivity index (χ4v) is 6.25. The Hall–Kier alpha value is -5.85. The van der Waals surface area contributed by atoms with Gasteiger partial charge in [-0.05, 0) is 61.6 Å². The number of amides is 3. The third kappa shape index (κ3) is 7.26. The number of fused-ring (bicyclic) bond motifs is 2. The zero-order valence-corrected chi connectivity index (χ0v) is 28.5. The molecule has 1 saturated heterocycles. The van der Waals surface area contributed by atoms with Crippen molar-refractivity contribution in [2.75, 3.05) is 38.0 Å². The van der Waals surface area contributed by atoms with E-state index < -0.39 is 5.97 Å². The molecular formula is C37H40N6O7. The van der Waals surface area contributed by atoms with E-state index in [4.69, 9.17) is 14.2 Å². The second-order valence-electron chi connectivity index (χ2n) is 12.3. The number of aryl methyl sites for hydroxylation is 2. The minimum Gasteiger partial charge on any atom is -0.493 e. The number of nitrogens with zero attached hydrogens (tertiary/aromatic N) is 4. The first kappa shape index (κ1) is 34.0. The molecule has 260 valence electrons. The molecular weight excluding hydrogens is 640 g/mol. The number of benzene rings is 2. The molecule has 4 heterocycles. The van der Waals surface area contributed by atoms with Crippen LogP contribution in [-0.4, -0.2) is 77.4 Å². The highest BCUT2D eigenvalue weighted by Crippen LogP contribution is 2.38. The zero-order valence-electron chi connectivity index (χ0n) is 28.5. The number of aromatic nitrogens is 2. The smallest absolute Gasteiger partial charge is 0.354 e. The molecule has 0 bridgehead atoms. The summed E-state index contributed by atoms with van der Waals surface area (Å²) in [7, 11) is 6.37. The van der Waals surface area contributed by atoms with Crippen LogP contribution in [0.2, 0.25) is 0 Å². The average Bonchev–Trinajstić information content (AvgIpc) is 3.66. The summed E-state index contributed by atoms with van der Waals surface area (Å²) >= 11 is 0. The van der Waals surface area contributed by atoms with Gasteiger partial charge >= 0.3 is 5.97 Å². The summed E-state index contributed by atoms with van der Waals surface area (Å²) in [6, 6.07) is 14.0. The van der Waals surface area contributed by atoms with Crippen LogP contribution in [0.15, 0.2) is 65.9 Å². The lowest BCUT2D eigenvalue weighted by atomic mass is 10.0. The number of nitrogens with one attached hydrogen (secondary N) is 2. The minimum atomic E-state index is -0.418.